The Kier molecular flexibility index (Phi) is 2.31. The molecule has 1 heterocycles. The zero-order valence-electron chi connectivity index (χ0n) is 11.0. The first-order valence-electron chi connectivity index (χ1n) is 7.02. The molecule has 2 aliphatic rings. The van der Waals surface area contributed by atoms with Crippen molar-refractivity contribution < 1.29 is 10.2 Å². The highest BCUT2D eigenvalue weighted by molar-refractivity contribution is 7.19. The average molecular weight is 274 g/mol. The SMILES string of the molecule is C[C@]12CCc3c(sc4cc(O)ccc34)[C@H]1CC[C@@H]2O. The first-order valence-corrected chi connectivity index (χ1v) is 7.83. The summed E-state index contributed by atoms with van der Waals surface area (Å²) < 4.78 is 1.19. The zero-order valence-corrected chi connectivity index (χ0v) is 11.8. The minimum Gasteiger partial charge on any atom is -0.508 e. The molecule has 0 bridgehead atoms. The number of aryl methyl sites for hydroxylation is 1. The Balaban J connectivity index is 1.93. The second kappa shape index (κ2) is 3.74. The fourth-order valence-corrected chi connectivity index (χ4v) is 5.66. The number of aromatic hydroxyl groups is 1. The number of thiophene rings is 1. The standard InChI is InChI=1S/C16H18O2S/c1-16-7-6-11-10-3-2-9(17)8-13(10)19-15(11)12(16)4-5-14(16)18/h2-3,8,12,14,17-18H,4-7H2,1H3/t12-,14+,16+/m1/s1. The Morgan fingerprint density at radius 1 is 1.32 bits per heavy atom. The van der Waals surface area contributed by atoms with E-state index in [-0.39, 0.29) is 11.5 Å². The fraction of sp³-hybridized carbons (Fsp3) is 0.500. The molecule has 2 nitrogen and oxygen atoms in total. The maximum absolute atomic E-state index is 10.3. The van der Waals surface area contributed by atoms with Crippen molar-refractivity contribution in [1.29, 1.82) is 0 Å². The van der Waals surface area contributed by atoms with E-state index in [1.165, 1.54) is 20.5 Å². The summed E-state index contributed by atoms with van der Waals surface area (Å²) in [6, 6.07) is 5.71. The van der Waals surface area contributed by atoms with Crippen LogP contribution in [0.1, 0.15) is 42.5 Å². The lowest BCUT2D eigenvalue weighted by Gasteiger charge is -2.38. The van der Waals surface area contributed by atoms with Gasteiger partial charge in [-0.15, -0.1) is 11.3 Å². The molecule has 0 spiro atoms. The van der Waals surface area contributed by atoms with E-state index in [2.05, 4.69) is 6.92 Å². The van der Waals surface area contributed by atoms with Gasteiger partial charge in [0.05, 0.1) is 6.10 Å². The van der Waals surface area contributed by atoms with Gasteiger partial charge in [0, 0.05) is 20.9 Å². The number of hydrogen-bond acceptors (Lipinski definition) is 3. The number of fused-ring (bicyclic) bond motifs is 5. The highest BCUT2D eigenvalue weighted by Crippen LogP contribution is 2.58. The number of hydrogen-bond donors (Lipinski definition) is 2. The van der Waals surface area contributed by atoms with Crippen LogP contribution in [0.25, 0.3) is 10.1 Å². The largest absolute Gasteiger partial charge is 0.508 e. The van der Waals surface area contributed by atoms with Crippen molar-refractivity contribution in [3.8, 4) is 5.75 Å². The summed E-state index contributed by atoms with van der Waals surface area (Å²) >= 11 is 1.82. The lowest BCUT2D eigenvalue weighted by molar-refractivity contribution is 0.0467. The maximum Gasteiger partial charge on any atom is 0.117 e. The van der Waals surface area contributed by atoms with E-state index in [4.69, 9.17) is 0 Å². The van der Waals surface area contributed by atoms with Crippen LogP contribution in [-0.4, -0.2) is 16.3 Å². The molecule has 0 aliphatic heterocycles. The van der Waals surface area contributed by atoms with Crippen molar-refractivity contribution >= 4 is 21.4 Å². The van der Waals surface area contributed by atoms with E-state index < -0.39 is 0 Å². The first kappa shape index (κ1) is 11.7. The van der Waals surface area contributed by atoms with E-state index in [0.29, 0.717) is 11.7 Å². The summed E-state index contributed by atoms with van der Waals surface area (Å²) in [7, 11) is 0. The zero-order chi connectivity index (χ0) is 13.2. The third-order valence-corrected chi connectivity index (χ3v) is 6.63. The van der Waals surface area contributed by atoms with E-state index in [1.54, 1.807) is 6.07 Å². The minimum absolute atomic E-state index is 0.0654. The highest BCUT2D eigenvalue weighted by atomic mass is 32.1. The van der Waals surface area contributed by atoms with E-state index in [9.17, 15) is 10.2 Å². The van der Waals surface area contributed by atoms with Crippen LogP contribution in [0.15, 0.2) is 18.2 Å². The summed E-state index contributed by atoms with van der Waals surface area (Å²) in [6.07, 6.45) is 4.02. The van der Waals surface area contributed by atoms with Crippen LogP contribution in [0, 0.1) is 5.41 Å². The van der Waals surface area contributed by atoms with E-state index in [1.807, 2.05) is 23.5 Å². The van der Waals surface area contributed by atoms with Crippen molar-refractivity contribution in [2.75, 3.05) is 0 Å². The topological polar surface area (TPSA) is 40.5 Å². The number of aliphatic hydroxyl groups is 1. The Hall–Kier alpha value is -1.06. The number of rotatable bonds is 0. The molecular weight excluding hydrogens is 256 g/mol. The number of phenols is 1. The number of benzene rings is 1. The first-order chi connectivity index (χ1) is 9.09. The van der Waals surface area contributed by atoms with Crippen LogP contribution in [-0.2, 0) is 6.42 Å². The summed E-state index contributed by atoms with van der Waals surface area (Å²) in [6.45, 7) is 2.25. The Morgan fingerprint density at radius 2 is 2.16 bits per heavy atom. The summed E-state index contributed by atoms with van der Waals surface area (Å²) in [4.78, 5) is 1.46. The molecule has 19 heavy (non-hydrogen) atoms. The molecule has 0 unspecified atom stereocenters. The van der Waals surface area contributed by atoms with Gasteiger partial charge in [-0.3, -0.25) is 0 Å². The van der Waals surface area contributed by atoms with Gasteiger partial charge >= 0.3 is 0 Å². The normalized spacial score (nSPS) is 33.4. The van der Waals surface area contributed by atoms with Gasteiger partial charge in [0.1, 0.15) is 5.75 Å². The van der Waals surface area contributed by atoms with Crippen LogP contribution in [0.2, 0.25) is 0 Å². The van der Waals surface area contributed by atoms with Gasteiger partial charge in [0.25, 0.3) is 0 Å². The predicted molar refractivity (Wildman–Crippen MR) is 77.9 cm³/mol. The molecular formula is C16H18O2S. The summed E-state index contributed by atoms with van der Waals surface area (Å²) in [5, 5.41) is 21.2. The third-order valence-electron chi connectivity index (χ3n) is 5.32. The molecule has 2 N–H and O–H groups in total. The van der Waals surface area contributed by atoms with Gasteiger partial charge in [-0.2, -0.15) is 0 Å². The molecule has 1 aromatic carbocycles. The highest BCUT2D eigenvalue weighted by Gasteiger charge is 2.49. The molecule has 0 amide bonds. The minimum atomic E-state index is -0.149. The van der Waals surface area contributed by atoms with Gasteiger partial charge in [0.2, 0.25) is 0 Å². The number of phenolic OH excluding ortho intramolecular Hbond substituents is 1. The quantitative estimate of drug-likeness (QED) is 0.767. The summed E-state index contributed by atoms with van der Waals surface area (Å²) in [5.74, 6) is 0.853. The molecule has 3 heteroatoms. The Bertz CT molecular complexity index is 660. The van der Waals surface area contributed by atoms with Crippen molar-refractivity contribution in [3.63, 3.8) is 0 Å². The lowest BCUT2D eigenvalue weighted by Crippen LogP contribution is -2.34. The molecule has 1 saturated carbocycles. The summed E-state index contributed by atoms with van der Waals surface area (Å²) in [5.41, 5.74) is 1.53. The van der Waals surface area contributed by atoms with Crippen LogP contribution in [0.3, 0.4) is 0 Å². The molecule has 3 atom stereocenters. The molecule has 1 aromatic heterocycles. The van der Waals surface area contributed by atoms with Gasteiger partial charge in [-0.25, -0.2) is 0 Å². The predicted octanol–water partition coefficient (Wildman–Crippen LogP) is 3.80. The van der Waals surface area contributed by atoms with E-state index >= 15 is 0 Å². The molecule has 0 saturated heterocycles. The van der Waals surface area contributed by atoms with Gasteiger partial charge in [-0.1, -0.05) is 6.92 Å². The average Bonchev–Trinajstić information content (AvgIpc) is 2.87. The Morgan fingerprint density at radius 3 is 3.00 bits per heavy atom. The Labute approximate surface area is 116 Å². The van der Waals surface area contributed by atoms with Crippen molar-refractivity contribution in [2.24, 2.45) is 5.41 Å². The van der Waals surface area contributed by atoms with E-state index in [0.717, 1.165) is 25.7 Å². The van der Waals surface area contributed by atoms with Crippen LogP contribution >= 0.6 is 11.3 Å². The lowest BCUT2D eigenvalue weighted by atomic mass is 9.69. The number of aliphatic hydroxyl groups excluding tert-OH is 1. The third kappa shape index (κ3) is 1.46. The molecule has 2 aromatic rings. The maximum atomic E-state index is 10.3. The smallest absolute Gasteiger partial charge is 0.117 e. The van der Waals surface area contributed by atoms with Crippen molar-refractivity contribution in [2.45, 2.75) is 44.6 Å². The van der Waals surface area contributed by atoms with Gasteiger partial charge in [-0.05, 0) is 54.8 Å². The molecule has 100 valence electrons. The monoisotopic (exact) mass is 274 g/mol. The second-order valence-electron chi connectivity index (χ2n) is 6.28. The molecule has 1 fully saturated rings. The van der Waals surface area contributed by atoms with Crippen molar-refractivity contribution in [3.05, 3.63) is 28.6 Å². The fourth-order valence-electron chi connectivity index (χ4n) is 4.08. The van der Waals surface area contributed by atoms with Gasteiger partial charge < -0.3 is 10.2 Å². The van der Waals surface area contributed by atoms with Crippen LogP contribution in [0.5, 0.6) is 5.75 Å². The molecule has 4 rings (SSSR count). The van der Waals surface area contributed by atoms with Crippen LogP contribution < -0.4 is 0 Å². The molecule has 2 aliphatic carbocycles. The van der Waals surface area contributed by atoms with Crippen LogP contribution in [0.4, 0.5) is 0 Å². The van der Waals surface area contributed by atoms with Gasteiger partial charge in [0.15, 0.2) is 0 Å². The molecule has 0 radical (unpaired) electrons. The second-order valence-corrected chi connectivity index (χ2v) is 7.36. The van der Waals surface area contributed by atoms with Crippen molar-refractivity contribution in [1.82, 2.24) is 0 Å².